The first kappa shape index (κ1) is 17.0. The molecule has 0 aromatic heterocycles. The van der Waals surface area contributed by atoms with Crippen molar-refractivity contribution >= 4 is 6.03 Å². The van der Waals surface area contributed by atoms with Crippen molar-refractivity contribution in [3.05, 3.63) is 71.8 Å². The van der Waals surface area contributed by atoms with Crippen molar-refractivity contribution in [2.24, 2.45) is 0 Å². The third-order valence-electron chi connectivity index (χ3n) is 3.68. The van der Waals surface area contributed by atoms with Crippen LogP contribution in [0.5, 0.6) is 0 Å². The van der Waals surface area contributed by atoms with E-state index < -0.39 is 0 Å². The van der Waals surface area contributed by atoms with E-state index in [-0.39, 0.29) is 18.7 Å². The highest BCUT2D eigenvalue weighted by Gasteiger charge is 2.19. The van der Waals surface area contributed by atoms with E-state index in [2.05, 4.69) is 5.32 Å². The Morgan fingerprint density at radius 2 is 1.52 bits per heavy atom. The SMILES string of the molecule is CCCN(CCO)C(=O)NC(c1ccccc1)c1ccccc1. The molecule has 2 aromatic carbocycles. The van der Waals surface area contributed by atoms with Crippen molar-refractivity contribution in [2.45, 2.75) is 19.4 Å². The molecule has 0 fully saturated rings. The fourth-order valence-corrected chi connectivity index (χ4v) is 2.57. The molecule has 0 saturated heterocycles. The van der Waals surface area contributed by atoms with E-state index in [4.69, 9.17) is 5.11 Å². The molecule has 0 radical (unpaired) electrons. The predicted octanol–water partition coefficient (Wildman–Crippen LogP) is 3.19. The van der Waals surface area contributed by atoms with E-state index in [1.54, 1.807) is 4.90 Å². The van der Waals surface area contributed by atoms with Gasteiger partial charge in [-0.2, -0.15) is 0 Å². The lowest BCUT2D eigenvalue weighted by Gasteiger charge is -2.26. The standard InChI is InChI=1S/C19H24N2O2/c1-2-13-21(14-15-22)19(23)20-18(16-9-5-3-6-10-16)17-11-7-4-8-12-17/h3-12,18,22H,2,13-15H2,1H3,(H,20,23). The number of rotatable bonds is 7. The molecule has 2 aromatic rings. The monoisotopic (exact) mass is 312 g/mol. The van der Waals surface area contributed by atoms with Crippen LogP contribution in [0.3, 0.4) is 0 Å². The van der Waals surface area contributed by atoms with Crippen LogP contribution in [0.4, 0.5) is 4.79 Å². The second-order valence-corrected chi connectivity index (χ2v) is 5.41. The minimum atomic E-state index is -0.206. The first-order chi connectivity index (χ1) is 11.3. The van der Waals surface area contributed by atoms with Gasteiger partial charge in [0.1, 0.15) is 0 Å². The Kier molecular flexibility index (Phi) is 6.63. The van der Waals surface area contributed by atoms with E-state index >= 15 is 0 Å². The van der Waals surface area contributed by atoms with E-state index in [9.17, 15) is 4.79 Å². The number of hydrogen-bond acceptors (Lipinski definition) is 2. The third kappa shape index (κ3) is 4.83. The number of aliphatic hydroxyl groups excluding tert-OH is 1. The van der Waals surface area contributed by atoms with E-state index in [0.29, 0.717) is 13.1 Å². The van der Waals surface area contributed by atoms with Crippen molar-refractivity contribution in [3.8, 4) is 0 Å². The summed E-state index contributed by atoms with van der Waals surface area (Å²) in [7, 11) is 0. The predicted molar refractivity (Wildman–Crippen MR) is 92.2 cm³/mol. The van der Waals surface area contributed by atoms with Crippen molar-refractivity contribution in [1.82, 2.24) is 10.2 Å². The van der Waals surface area contributed by atoms with Crippen LogP contribution in [-0.4, -0.2) is 35.7 Å². The van der Waals surface area contributed by atoms with Gasteiger partial charge in [-0.3, -0.25) is 0 Å². The summed E-state index contributed by atoms with van der Waals surface area (Å²) in [5.41, 5.74) is 2.07. The minimum Gasteiger partial charge on any atom is -0.395 e. The van der Waals surface area contributed by atoms with Gasteiger partial charge in [-0.05, 0) is 17.5 Å². The minimum absolute atomic E-state index is 0.0330. The largest absolute Gasteiger partial charge is 0.395 e. The van der Waals surface area contributed by atoms with Gasteiger partial charge >= 0.3 is 6.03 Å². The highest BCUT2D eigenvalue weighted by molar-refractivity contribution is 5.75. The number of hydrogen-bond donors (Lipinski definition) is 2. The first-order valence-corrected chi connectivity index (χ1v) is 8.02. The van der Waals surface area contributed by atoms with Gasteiger partial charge in [0, 0.05) is 13.1 Å². The quantitative estimate of drug-likeness (QED) is 0.825. The fourth-order valence-electron chi connectivity index (χ4n) is 2.57. The van der Waals surface area contributed by atoms with Gasteiger partial charge in [0.05, 0.1) is 12.6 Å². The lowest BCUT2D eigenvalue weighted by Crippen LogP contribution is -2.43. The van der Waals surface area contributed by atoms with Gasteiger partial charge in [-0.15, -0.1) is 0 Å². The molecule has 0 heterocycles. The number of nitrogens with one attached hydrogen (secondary N) is 1. The second kappa shape index (κ2) is 8.96. The van der Waals surface area contributed by atoms with Gasteiger partial charge in [0.2, 0.25) is 0 Å². The molecular formula is C19H24N2O2. The number of benzene rings is 2. The zero-order valence-electron chi connectivity index (χ0n) is 13.5. The maximum Gasteiger partial charge on any atom is 0.318 e. The molecule has 0 spiro atoms. The zero-order valence-corrected chi connectivity index (χ0v) is 13.5. The lowest BCUT2D eigenvalue weighted by atomic mass is 9.99. The molecule has 4 heteroatoms. The summed E-state index contributed by atoms with van der Waals surface area (Å²) in [6.07, 6.45) is 0.856. The maximum atomic E-state index is 12.6. The van der Waals surface area contributed by atoms with E-state index in [1.165, 1.54) is 0 Å². The van der Waals surface area contributed by atoms with Crippen molar-refractivity contribution < 1.29 is 9.90 Å². The molecule has 2 N–H and O–H groups in total. The number of aliphatic hydroxyl groups is 1. The summed E-state index contributed by atoms with van der Waals surface area (Å²) in [4.78, 5) is 14.2. The Morgan fingerprint density at radius 3 is 1.96 bits per heavy atom. The Hall–Kier alpha value is -2.33. The molecule has 0 aliphatic rings. The summed E-state index contributed by atoms with van der Waals surface area (Å²) in [6.45, 7) is 2.96. The molecule has 0 atom stereocenters. The molecule has 0 aliphatic heterocycles. The molecule has 4 nitrogen and oxygen atoms in total. The van der Waals surface area contributed by atoms with E-state index in [1.807, 2.05) is 67.6 Å². The van der Waals surface area contributed by atoms with Gasteiger partial charge in [-0.25, -0.2) is 4.79 Å². The third-order valence-corrected chi connectivity index (χ3v) is 3.68. The molecular weight excluding hydrogens is 288 g/mol. The molecule has 0 aliphatic carbocycles. The summed E-state index contributed by atoms with van der Waals surface area (Å²) < 4.78 is 0. The maximum absolute atomic E-state index is 12.6. The Bertz CT molecular complexity index is 541. The van der Waals surface area contributed by atoms with E-state index in [0.717, 1.165) is 17.5 Å². The highest BCUT2D eigenvalue weighted by atomic mass is 16.3. The Labute approximate surface area is 137 Å². The molecule has 2 rings (SSSR count). The molecule has 23 heavy (non-hydrogen) atoms. The van der Waals surface area contributed by atoms with Crippen LogP contribution in [-0.2, 0) is 0 Å². The van der Waals surface area contributed by atoms with Gasteiger partial charge < -0.3 is 15.3 Å². The number of nitrogens with zero attached hydrogens (tertiary/aromatic N) is 1. The summed E-state index contributed by atoms with van der Waals surface area (Å²) in [6, 6.07) is 19.5. The number of amides is 2. The van der Waals surface area contributed by atoms with Gasteiger partial charge in [-0.1, -0.05) is 67.6 Å². The van der Waals surface area contributed by atoms with Crippen molar-refractivity contribution in [2.75, 3.05) is 19.7 Å². The smallest absolute Gasteiger partial charge is 0.318 e. The number of urea groups is 1. The normalized spacial score (nSPS) is 10.6. The lowest BCUT2D eigenvalue weighted by molar-refractivity contribution is 0.175. The van der Waals surface area contributed by atoms with Crippen LogP contribution in [0.25, 0.3) is 0 Å². The Balaban J connectivity index is 2.23. The summed E-state index contributed by atoms with van der Waals surface area (Å²) >= 11 is 0. The number of carbonyl (C=O) groups excluding carboxylic acids is 1. The highest BCUT2D eigenvalue weighted by Crippen LogP contribution is 2.22. The first-order valence-electron chi connectivity index (χ1n) is 8.02. The molecule has 2 amide bonds. The van der Waals surface area contributed by atoms with Crippen LogP contribution >= 0.6 is 0 Å². The summed E-state index contributed by atoms with van der Waals surface area (Å²) in [5, 5.41) is 12.3. The average Bonchev–Trinajstić information content (AvgIpc) is 2.61. The fraction of sp³-hybridized carbons (Fsp3) is 0.316. The van der Waals surface area contributed by atoms with Crippen LogP contribution in [0, 0.1) is 0 Å². The van der Waals surface area contributed by atoms with Crippen molar-refractivity contribution in [1.29, 1.82) is 0 Å². The molecule has 0 unspecified atom stereocenters. The molecule has 0 bridgehead atoms. The van der Waals surface area contributed by atoms with Gasteiger partial charge in [0.15, 0.2) is 0 Å². The summed E-state index contributed by atoms with van der Waals surface area (Å²) in [5.74, 6) is 0. The second-order valence-electron chi connectivity index (χ2n) is 5.41. The topological polar surface area (TPSA) is 52.6 Å². The van der Waals surface area contributed by atoms with Crippen LogP contribution in [0.2, 0.25) is 0 Å². The van der Waals surface area contributed by atoms with Crippen LogP contribution in [0.15, 0.2) is 60.7 Å². The Morgan fingerprint density at radius 1 is 1.00 bits per heavy atom. The van der Waals surface area contributed by atoms with Crippen LogP contribution in [0.1, 0.15) is 30.5 Å². The number of carbonyl (C=O) groups is 1. The van der Waals surface area contributed by atoms with Gasteiger partial charge in [0.25, 0.3) is 0 Å². The molecule has 122 valence electrons. The average molecular weight is 312 g/mol. The zero-order chi connectivity index (χ0) is 16.5. The van der Waals surface area contributed by atoms with Crippen molar-refractivity contribution in [3.63, 3.8) is 0 Å². The van der Waals surface area contributed by atoms with Crippen LogP contribution < -0.4 is 5.32 Å². The molecule has 0 saturated carbocycles.